The number of para-hydroxylation sites is 1. The number of pyridine rings is 1. The van der Waals surface area contributed by atoms with E-state index in [9.17, 15) is 9.59 Å². The van der Waals surface area contributed by atoms with Crippen molar-refractivity contribution in [3.8, 4) is 0 Å². The van der Waals surface area contributed by atoms with E-state index in [-0.39, 0.29) is 18.4 Å². The maximum atomic E-state index is 12.8. The predicted octanol–water partition coefficient (Wildman–Crippen LogP) is 5.40. The first-order valence-corrected chi connectivity index (χ1v) is 10.7. The van der Waals surface area contributed by atoms with Crippen LogP contribution in [0, 0.1) is 13.8 Å². The number of fused-ring (bicyclic) bond motifs is 1. The minimum absolute atomic E-state index is 0.106. The second-order valence-electron chi connectivity index (χ2n) is 9.08. The van der Waals surface area contributed by atoms with Gasteiger partial charge in [-0.05, 0) is 69.5 Å². The summed E-state index contributed by atoms with van der Waals surface area (Å²) >= 11 is 0. The SMILES string of the molecule is Cc1nc2ccccc2c(C)c1CC(=O)Nc1cccc(CN(C)C(=O)OC(C)(C)C)c1. The van der Waals surface area contributed by atoms with Gasteiger partial charge in [-0.1, -0.05) is 30.3 Å². The molecule has 2 aromatic carbocycles. The standard InChI is InChI=1S/C26H31N3O3/c1-17-21-12-7-8-13-23(21)27-18(2)22(17)15-24(30)28-20-11-9-10-19(14-20)16-29(6)25(31)32-26(3,4)5/h7-14H,15-16H2,1-6H3,(H,28,30). The van der Waals surface area contributed by atoms with E-state index < -0.39 is 5.60 Å². The quantitative estimate of drug-likeness (QED) is 0.585. The van der Waals surface area contributed by atoms with Crippen molar-refractivity contribution in [2.45, 2.75) is 53.2 Å². The van der Waals surface area contributed by atoms with Gasteiger partial charge in [0.05, 0.1) is 11.9 Å². The van der Waals surface area contributed by atoms with Crippen LogP contribution < -0.4 is 5.32 Å². The van der Waals surface area contributed by atoms with E-state index in [1.807, 2.05) is 83.1 Å². The van der Waals surface area contributed by atoms with Crippen LogP contribution in [0.1, 0.15) is 43.2 Å². The van der Waals surface area contributed by atoms with Gasteiger partial charge in [0.1, 0.15) is 5.60 Å². The Bertz CT molecular complexity index is 1150. The Morgan fingerprint density at radius 1 is 1.06 bits per heavy atom. The van der Waals surface area contributed by atoms with Gasteiger partial charge in [-0.15, -0.1) is 0 Å². The summed E-state index contributed by atoms with van der Waals surface area (Å²) < 4.78 is 5.40. The molecule has 0 unspecified atom stereocenters. The largest absolute Gasteiger partial charge is 0.444 e. The molecule has 0 aliphatic rings. The molecule has 168 valence electrons. The number of amides is 2. The molecule has 3 aromatic rings. The summed E-state index contributed by atoms with van der Waals surface area (Å²) in [6.45, 7) is 9.86. The van der Waals surface area contributed by atoms with Gasteiger partial charge in [-0.3, -0.25) is 9.78 Å². The van der Waals surface area contributed by atoms with Crippen molar-refractivity contribution in [3.05, 3.63) is 70.9 Å². The molecule has 1 heterocycles. The number of nitrogens with one attached hydrogen (secondary N) is 1. The van der Waals surface area contributed by atoms with Gasteiger partial charge in [0, 0.05) is 30.4 Å². The van der Waals surface area contributed by atoms with Crippen molar-refractivity contribution < 1.29 is 14.3 Å². The molecule has 0 aliphatic heterocycles. The first-order chi connectivity index (χ1) is 15.0. The molecule has 0 bridgehead atoms. The molecule has 2 amide bonds. The third-order valence-electron chi connectivity index (χ3n) is 5.16. The molecule has 1 N–H and O–H groups in total. The molecule has 0 atom stereocenters. The maximum Gasteiger partial charge on any atom is 0.410 e. The van der Waals surface area contributed by atoms with Crippen molar-refractivity contribution >= 4 is 28.6 Å². The molecule has 6 heteroatoms. The fourth-order valence-electron chi connectivity index (χ4n) is 3.62. The van der Waals surface area contributed by atoms with Gasteiger partial charge in [0.2, 0.25) is 5.91 Å². The third-order valence-corrected chi connectivity index (χ3v) is 5.16. The van der Waals surface area contributed by atoms with Gasteiger partial charge in [-0.25, -0.2) is 4.79 Å². The van der Waals surface area contributed by atoms with Gasteiger partial charge in [0.15, 0.2) is 0 Å². The van der Waals surface area contributed by atoms with Gasteiger partial charge >= 0.3 is 6.09 Å². The fourth-order valence-corrected chi connectivity index (χ4v) is 3.62. The van der Waals surface area contributed by atoms with E-state index in [0.29, 0.717) is 12.2 Å². The molecule has 0 spiro atoms. The Balaban J connectivity index is 1.69. The minimum atomic E-state index is -0.547. The number of aromatic nitrogens is 1. The van der Waals surface area contributed by atoms with E-state index in [1.54, 1.807) is 7.05 Å². The number of carbonyl (C=O) groups excluding carboxylic acids is 2. The van der Waals surface area contributed by atoms with E-state index in [2.05, 4.69) is 10.3 Å². The first-order valence-electron chi connectivity index (χ1n) is 10.7. The van der Waals surface area contributed by atoms with Gasteiger partial charge < -0.3 is 15.0 Å². The average molecular weight is 434 g/mol. The summed E-state index contributed by atoms with van der Waals surface area (Å²) in [5.74, 6) is -0.106. The molecule has 3 rings (SSSR count). The number of aryl methyl sites for hydroxylation is 2. The van der Waals surface area contributed by atoms with Crippen LogP contribution in [0.5, 0.6) is 0 Å². The van der Waals surface area contributed by atoms with Crippen molar-refractivity contribution in [1.82, 2.24) is 9.88 Å². The van der Waals surface area contributed by atoms with Crippen molar-refractivity contribution in [2.75, 3.05) is 12.4 Å². The van der Waals surface area contributed by atoms with Crippen molar-refractivity contribution in [3.63, 3.8) is 0 Å². The van der Waals surface area contributed by atoms with Crippen LogP contribution in [-0.4, -0.2) is 34.5 Å². The molecule has 32 heavy (non-hydrogen) atoms. The Labute approximate surface area is 189 Å². The number of hydrogen-bond acceptors (Lipinski definition) is 4. The summed E-state index contributed by atoms with van der Waals surface area (Å²) in [6, 6.07) is 15.5. The summed E-state index contributed by atoms with van der Waals surface area (Å²) in [5.41, 5.74) is 4.87. The normalized spacial score (nSPS) is 11.3. The van der Waals surface area contributed by atoms with Crippen LogP contribution in [0.4, 0.5) is 10.5 Å². The van der Waals surface area contributed by atoms with Gasteiger partial charge in [0.25, 0.3) is 0 Å². The first kappa shape index (κ1) is 23.3. The highest BCUT2D eigenvalue weighted by molar-refractivity contribution is 5.94. The molecule has 6 nitrogen and oxygen atoms in total. The number of carbonyl (C=O) groups is 2. The highest BCUT2D eigenvalue weighted by Gasteiger charge is 2.20. The van der Waals surface area contributed by atoms with Crippen molar-refractivity contribution in [2.24, 2.45) is 0 Å². The van der Waals surface area contributed by atoms with Crippen molar-refractivity contribution in [1.29, 1.82) is 0 Å². The summed E-state index contributed by atoms with van der Waals surface area (Å²) in [7, 11) is 1.69. The number of rotatable bonds is 5. The van der Waals surface area contributed by atoms with Crippen LogP contribution in [0.15, 0.2) is 48.5 Å². The molecule has 0 saturated carbocycles. The second kappa shape index (κ2) is 9.39. The zero-order valence-electron chi connectivity index (χ0n) is 19.7. The lowest BCUT2D eigenvalue weighted by molar-refractivity contribution is -0.115. The number of ether oxygens (including phenoxy) is 1. The summed E-state index contributed by atoms with van der Waals surface area (Å²) in [6.07, 6.45) is -0.140. The zero-order chi connectivity index (χ0) is 23.5. The summed E-state index contributed by atoms with van der Waals surface area (Å²) in [5, 5.41) is 4.04. The van der Waals surface area contributed by atoms with Crippen LogP contribution >= 0.6 is 0 Å². The topological polar surface area (TPSA) is 71.5 Å². The lowest BCUT2D eigenvalue weighted by Crippen LogP contribution is -2.33. The van der Waals surface area contributed by atoms with Crippen LogP contribution in [0.25, 0.3) is 10.9 Å². The molecule has 0 aliphatic carbocycles. The number of benzene rings is 2. The van der Waals surface area contributed by atoms with Gasteiger partial charge in [-0.2, -0.15) is 0 Å². The fraction of sp³-hybridized carbons (Fsp3) is 0.346. The Morgan fingerprint density at radius 3 is 2.50 bits per heavy atom. The predicted molar refractivity (Wildman–Crippen MR) is 128 cm³/mol. The second-order valence-corrected chi connectivity index (χ2v) is 9.08. The van der Waals surface area contributed by atoms with Crippen LogP contribution in [-0.2, 0) is 22.5 Å². The maximum absolute atomic E-state index is 12.8. The molecule has 1 aromatic heterocycles. The lowest BCUT2D eigenvalue weighted by atomic mass is 9.99. The van der Waals surface area contributed by atoms with Crippen LogP contribution in [0.3, 0.4) is 0 Å². The third kappa shape index (κ3) is 5.84. The Morgan fingerprint density at radius 2 is 1.78 bits per heavy atom. The zero-order valence-corrected chi connectivity index (χ0v) is 19.7. The Hall–Kier alpha value is -3.41. The molecule has 0 fully saturated rings. The minimum Gasteiger partial charge on any atom is -0.444 e. The highest BCUT2D eigenvalue weighted by Crippen LogP contribution is 2.23. The molecular weight excluding hydrogens is 402 g/mol. The number of hydrogen-bond donors (Lipinski definition) is 1. The molecular formula is C26H31N3O3. The van der Waals surface area contributed by atoms with E-state index in [4.69, 9.17) is 4.74 Å². The number of nitrogens with zero attached hydrogens (tertiary/aromatic N) is 2. The smallest absolute Gasteiger partial charge is 0.410 e. The lowest BCUT2D eigenvalue weighted by Gasteiger charge is -2.24. The molecule has 0 saturated heterocycles. The Kier molecular flexibility index (Phi) is 6.82. The van der Waals surface area contributed by atoms with E-state index in [0.717, 1.165) is 33.3 Å². The summed E-state index contributed by atoms with van der Waals surface area (Å²) in [4.78, 5) is 31.2. The molecule has 0 radical (unpaired) electrons. The van der Waals surface area contributed by atoms with E-state index >= 15 is 0 Å². The highest BCUT2D eigenvalue weighted by atomic mass is 16.6. The number of anilines is 1. The average Bonchev–Trinajstić information content (AvgIpc) is 2.70. The van der Waals surface area contributed by atoms with E-state index in [1.165, 1.54) is 4.90 Å². The van der Waals surface area contributed by atoms with Crippen LogP contribution in [0.2, 0.25) is 0 Å². The monoisotopic (exact) mass is 433 g/mol.